The van der Waals surface area contributed by atoms with Gasteiger partial charge in [0.2, 0.25) is 0 Å². The van der Waals surface area contributed by atoms with Gasteiger partial charge in [-0.15, -0.1) is 0 Å². The van der Waals surface area contributed by atoms with Crippen molar-refractivity contribution in [3.63, 3.8) is 0 Å². The highest BCUT2D eigenvalue weighted by Gasteiger charge is 2.11. The summed E-state index contributed by atoms with van der Waals surface area (Å²) in [5.74, 6) is 0.554. The molecule has 0 bridgehead atoms. The van der Waals surface area contributed by atoms with E-state index in [0.717, 1.165) is 0 Å². The van der Waals surface area contributed by atoms with E-state index in [9.17, 15) is 10.1 Å². The van der Waals surface area contributed by atoms with Crippen molar-refractivity contribution in [2.45, 2.75) is 19.9 Å². The number of rotatable bonds is 6. The molecule has 1 atom stereocenters. The fourth-order valence-corrected chi connectivity index (χ4v) is 1.47. The third-order valence-corrected chi connectivity index (χ3v) is 2.38. The van der Waals surface area contributed by atoms with Crippen LogP contribution in [0, 0.1) is 28.4 Å². The molecule has 1 rings (SSSR count). The lowest BCUT2D eigenvalue weighted by Crippen LogP contribution is -2.33. The van der Waals surface area contributed by atoms with Crippen LogP contribution in [0.2, 0.25) is 0 Å². The largest absolute Gasteiger partial charge is 0.491 e. The summed E-state index contributed by atoms with van der Waals surface area (Å²) in [7, 11) is 0. The number of likely N-dealkylation sites (N-methyl/N-ethyl adjacent to an activating group) is 1. The summed E-state index contributed by atoms with van der Waals surface area (Å²) < 4.78 is 5.47. The average molecular weight is 249 g/mol. The first-order chi connectivity index (χ1) is 8.58. The van der Waals surface area contributed by atoms with Crippen LogP contribution >= 0.6 is 0 Å². The third kappa shape index (κ3) is 3.71. The van der Waals surface area contributed by atoms with Crippen molar-refractivity contribution in [1.29, 1.82) is 5.26 Å². The van der Waals surface area contributed by atoms with E-state index in [1.807, 2.05) is 6.92 Å². The highest BCUT2D eigenvalue weighted by molar-refractivity contribution is 5.42. The Balaban J connectivity index is 2.68. The molecule has 0 aromatic heterocycles. The molecule has 18 heavy (non-hydrogen) atoms. The number of hydrogen-bond donors (Lipinski definition) is 1. The number of aryl methyl sites for hydroxylation is 1. The molecule has 0 heterocycles. The van der Waals surface area contributed by atoms with Gasteiger partial charge in [-0.3, -0.25) is 15.4 Å². The van der Waals surface area contributed by atoms with Gasteiger partial charge in [0.25, 0.3) is 5.69 Å². The van der Waals surface area contributed by atoms with Crippen LogP contribution in [-0.4, -0.2) is 24.1 Å². The standard InChI is InChI=1S/C12H15N3O3/c1-3-14-10(7-13)8-18-12-5-4-11(15(16)17)6-9(12)2/h4-6,10,14H,3,8H2,1-2H3. The van der Waals surface area contributed by atoms with Gasteiger partial charge in [0.05, 0.1) is 11.0 Å². The average Bonchev–Trinajstić information content (AvgIpc) is 2.35. The third-order valence-electron chi connectivity index (χ3n) is 2.38. The molecule has 96 valence electrons. The van der Waals surface area contributed by atoms with Gasteiger partial charge >= 0.3 is 0 Å². The topological polar surface area (TPSA) is 88.2 Å². The molecule has 0 fully saturated rings. The molecular weight excluding hydrogens is 234 g/mol. The summed E-state index contributed by atoms with van der Waals surface area (Å²) in [6.45, 7) is 4.53. The molecule has 0 saturated heterocycles. The van der Waals surface area contributed by atoms with Crippen molar-refractivity contribution < 1.29 is 9.66 Å². The Kier molecular flexibility index (Phi) is 5.08. The Hall–Kier alpha value is -2.13. The molecule has 0 amide bonds. The first-order valence-electron chi connectivity index (χ1n) is 5.59. The zero-order valence-electron chi connectivity index (χ0n) is 10.3. The predicted octanol–water partition coefficient (Wildman–Crippen LogP) is 1.78. The fraction of sp³-hybridized carbons (Fsp3) is 0.417. The van der Waals surface area contributed by atoms with Crippen molar-refractivity contribution in [3.05, 3.63) is 33.9 Å². The maximum absolute atomic E-state index is 10.6. The molecule has 1 N–H and O–H groups in total. The van der Waals surface area contributed by atoms with E-state index in [2.05, 4.69) is 11.4 Å². The van der Waals surface area contributed by atoms with Crippen LogP contribution in [-0.2, 0) is 0 Å². The monoisotopic (exact) mass is 249 g/mol. The van der Waals surface area contributed by atoms with Crippen molar-refractivity contribution in [3.8, 4) is 11.8 Å². The van der Waals surface area contributed by atoms with Crippen molar-refractivity contribution in [1.82, 2.24) is 5.32 Å². The van der Waals surface area contributed by atoms with Crippen molar-refractivity contribution in [2.75, 3.05) is 13.2 Å². The Morgan fingerprint density at radius 1 is 1.61 bits per heavy atom. The minimum atomic E-state index is -0.451. The summed E-state index contributed by atoms with van der Waals surface area (Å²) in [4.78, 5) is 10.1. The summed E-state index contributed by atoms with van der Waals surface area (Å²) in [5, 5.41) is 22.4. The number of non-ortho nitro benzene ring substituents is 1. The van der Waals surface area contributed by atoms with Crippen LogP contribution in [0.25, 0.3) is 0 Å². The minimum Gasteiger partial charge on any atom is -0.491 e. The summed E-state index contributed by atoms with van der Waals surface area (Å²) in [5.41, 5.74) is 0.709. The number of nitro benzene ring substituents is 1. The zero-order chi connectivity index (χ0) is 13.5. The number of hydrogen-bond acceptors (Lipinski definition) is 5. The van der Waals surface area contributed by atoms with E-state index in [1.54, 1.807) is 13.0 Å². The van der Waals surface area contributed by atoms with Crippen LogP contribution in [0.4, 0.5) is 5.69 Å². The molecule has 1 unspecified atom stereocenters. The van der Waals surface area contributed by atoms with E-state index in [0.29, 0.717) is 17.9 Å². The van der Waals surface area contributed by atoms with Crippen LogP contribution in [0.15, 0.2) is 18.2 Å². The number of nitriles is 1. The van der Waals surface area contributed by atoms with Crippen LogP contribution in [0.5, 0.6) is 5.75 Å². The second kappa shape index (κ2) is 6.57. The smallest absolute Gasteiger partial charge is 0.269 e. The second-order valence-electron chi connectivity index (χ2n) is 3.76. The summed E-state index contributed by atoms with van der Waals surface area (Å²) in [6.07, 6.45) is 0. The molecule has 0 spiro atoms. The van der Waals surface area contributed by atoms with E-state index in [4.69, 9.17) is 10.00 Å². The van der Waals surface area contributed by atoms with E-state index in [-0.39, 0.29) is 18.3 Å². The number of nitrogens with zero attached hydrogens (tertiary/aromatic N) is 2. The Morgan fingerprint density at radius 3 is 2.83 bits per heavy atom. The minimum absolute atomic E-state index is 0.0309. The van der Waals surface area contributed by atoms with Gasteiger partial charge in [-0.2, -0.15) is 5.26 Å². The lowest BCUT2D eigenvalue weighted by atomic mass is 10.2. The van der Waals surface area contributed by atoms with Gasteiger partial charge in [-0.1, -0.05) is 6.92 Å². The second-order valence-corrected chi connectivity index (χ2v) is 3.76. The SMILES string of the molecule is CCNC(C#N)COc1ccc([N+](=O)[O-])cc1C. The lowest BCUT2D eigenvalue weighted by Gasteiger charge is -2.13. The molecule has 0 aliphatic heterocycles. The molecule has 0 radical (unpaired) electrons. The predicted molar refractivity (Wildman–Crippen MR) is 66.4 cm³/mol. The molecule has 0 aliphatic rings. The summed E-state index contributed by atoms with van der Waals surface area (Å²) >= 11 is 0. The van der Waals surface area contributed by atoms with Crippen LogP contribution in [0.1, 0.15) is 12.5 Å². The van der Waals surface area contributed by atoms with E-state index in [1.165, 1.54) is 12.1 Å². The molecule has 6 heteroatoms. The molecule has 1 aromatic rings. The Morgan fingerprint density at radius 2 is 2.33 bits per heavy atom. The maximum Gasteiger partial charge on any atom is 0.269 e. The maximum atomic E-state index is 10.6. The van der Waals surface area contributed by atoms with Crippen molar-refractivity contribution >= 4 is 5.69 Å². The number of benzene rings is 1. The first-order valence-corrected chi connectivity index (χ1v) is 5.59. The van der Waals surface area contributed by atoms with Gasteiger partial charge in [0, 0.05) is 12.1 Å². The number of nitrogens with one attached hydrogen (secondary N) is 1. The fourth-order valence-electron chi connectivity index (χ4n) is 1.47. The van der Waals surface area contributed by atoms with Crippen molar-refractivity contribution in [2.24, 2.45) is 0 Å². The molecular formula is C12H15N3O3. The number of nitro groups is 1. The molecule has 0 aliphatic carbocycles. The Bertz CT molecular complexity index is 468. The zero-order valence-corrected chi connectivity index (χ0v) is 10.3. The number of ether oxygens (including phenoxy) is 1. The van der Waals surface area contributed by atoms with Gasteiger partial charge in [-0.05, 0) is 25.1 Å². The highest BCUT2D eigenvalue weighted by atomic mass is 16.6. The van der Waals surface area contributed by atoms with Gasteiger partial charge < -0.3 is 4.74 Å². The molecule has 1 aromatic carbocycles. The van der Waals surface area contributed by atoms with Crippen LogP contribution in [0.3, 0.4) is 0 Å². The lowest BCUT2D eigenvalue weighted by molar-refractivity contribution is -0.384. The van der Waals surface area contributed by atoms with Gasteiger partial charge in [0.1, 0.15) is 18.4 Å². The molecule has 6 nitrogen and oxygen atoms in total. The van der Waals surface area contributed by atoms with Gasteiger partial charge in [-0.25, -0.2) is 0 Å². The van der Waals surface area contributed by atoms with Crippen LogP contribution < -0.4 is 10.1 Å². The first kappa shape index (κ1) is 13.9. The van der Waals surface area contributed by atoms with E-state index >= 15 is 0 Å². The van der Waals surface area contributed by atoms with E-state index < -0.39 is 4.92 Å². The highest BCUT2D eigenvalue weighted by Crippen LogP contribution is 2.23. The van der Waals surface area contributed by atoms with Gasteiger partial charge in [0.15, 0.2) is 0 Å². The Labute approximate surface area is 105 Å². The summed E-state index contributed by atoms with van der Waals surface area (Å²) in [6, 6.07) is 6.08. The molecule has 0 saturated carbocycles. The normalized spacial score (nSPS) is 11.6. The quantitative estimate of drug-likeness (QED) is 0.613.